The van der Waals surface area contributed by atoms with Crippen LogP contribution in [0.4, 0.5) is 5.69 Å². The van der Waals surface area contributed by atoms with Crippen molar-refractivity contribution < 1.29 is 0 Å². The fraction of sp³-hybridized carbons (Fsp3) is 0.571. The van der Waals surface area contributed by atoms with Crippen molar-refractivity contribution in [3.05, 3.63) is 28.8 Å². The molecule has 1 fully saturated rings. The Bertz CT molecular complexity index is 392. The predicted molar refractivity (Wildman–Crippen MR) is 74.2 cm³/mol. The lowest BCUT2D eigenvalue weighted by Gasteiger charge is -2.27. The van der Waals surface area contributed by atoms with Crippen molar-refractivity contribution in [1.29, 1.82) is 0 Å². The maximum atomic E-state index is 5.94. The molecular weight excluding hydrogens is 232 g/mol. The number of likely N-dealkylation sites (tertiary alicyclic amines) is 1. The van der Waals surface area contributed by atoms with Crippen molar-refractivity contribution >= 4 is 17.3 Å². The van der Waals surface area contributed by atoms with E-state index in [4.69, 9.17) is 17.3 Å². The molecule has 2 N–H and O–H groups in total. The molecule has 1 heterocycles. The van der Waals surface area contributed by atoms with Gasteiger partial charge in [-0.05, 0) is 43.9 Å². The average Bonchev–Trinajstić information content (AvgIpc) is 2.65. The van der Waals surface area contributed by atoms with Gasteiger partial charge in [0.25, 0.3) is 0 Å². The third-order valence-electron chi connectivity index (χ3n) is 3.85. The topological polar surface area (TPSA) is 29.3 Å². The molecule has 1 aliphatic rings. The van der Waals surface area contributed by atoms with Crippen LogP contribution in [0, 0.1) is 0 Å². The number of nitrogens with two attached hydrogens (primary N) is 1. The van der Waals surface area contributed by atoms with Gasteiger partial charge < -0.3 is 5.73 Å². The van der Waals surface area contributed by atoms with Crippen LogP contribution in [0.25, 0.3) is 0 Å². The summed E-state index contributed by atoms with van der Waals surface area (Å²) < 4.78 is 0. The van der Waals surface area contributed by atoms with Crippen LogP contribution in [0.2, 0.25) is 5.02 Å². The first-order valence-corrected chi connectivity index (χ1v) is 6.79. The number of nitrogens with zero attached hydrogens (tertiary/aromatic N) is 1. The molecule has 0 aliphatic carbocycles. The van der Waals surface area contributed by atoms with Crippen LogP contribution in [0.3, 0.4) is 0 Å². The summed E-state index contributed by atoms with van der Waals surface area (Å²) in [7, 11) is 0. The molecule has 94 valence electrons. The number of anilines is 1. The zero-order valence-corrected chi connectivity index (χ0v) is 11.4. The van der Waals surface area contributed by atoms with Gasteiger partial charge in [-0.3, -0.25) is 4.90 Å². The van der Waals surface area contributed by atoms with Crippen LogP contribution < -0.4 is 5.73 Å². The third kappa shape index (κ3) is 2.75. The second-order valence-electron chi connectivity index (χ2n) is 5.02. The Kier molecular flexibility index (Phi) is 3.95. The maximum Gasteiger partial charge on any atom is 0.0635 e. The van der Waals surface area contributed by atoms with E-state index in [-0.39, 0.29) is 0 Å². The van der Waals surface area contributed by atoms with Crippen molar-refractivity contribution in [3.63, 3.8) is 0 Å². The lowest BCUT2D eigenvalue weighted by molar-refractivity contribution is 0.189. The fourth-order valence-electron chi connectivity index (χ4n) is 2.75. The maximum absolute atomic E-state index is 5.94. The second kappa shape index (κ2) is 5.28. The first-order chi connectivity index (χ1) is 8.11. The van der Waals surface area contributed by atoms with Crippen LogP contribution >= 0.6 is 11.6 Å². The summed E-state index contributed by atoms with van der Waals surface area (Å²) in [5.74, 6) is 0. The fourth-order valence-corrected chi connectivity index (χ4v) is 2.87. The van der Waals surface area contributed by atoms with Gasteiger partial charge in [-0.25, -0.2) is 0 Å². The Hall–Kier alpha value is -0.730. The first kappa shape index (κ1) is 12.7. The molecule has 2 unspecified atom stereocenters. The number of rotatable bonds is 3. The highest BCUT2D eigenvalue weighted by Gasteiger charge is 2.28. The molecule has 1 saturated heterocycles. The van der Waals surface area contributed by atoms with Gasteiger partial charge in [-0.2, -0.15) is 0 Å². The average molecular weight is 253 g/mol. The Morgan fingerprint density at radius 2 is 2.18 bits per heavy atom. The molecule has 0 saturated carbocycles. The Labute approximate surface area is 109 Å². The minimum Gasteiger partial charge on any atom is -0.398 e. The highest BCUT2D eigenvalue weighted by Crippen LogP contribution is 2.29. The normalized spacial score (nSPS) is 25.4. The molecule has 0 radical (unpaired) electrons. The van der Waals surface area contributed by atoms with Gasteiger partial charge in [-0.1, -0.05) is 24.6 Å². The van der Waals surface area contributed by atoms with Gasteiger partial charge in [0.2, 0.25) is 0 Å². The summed E-state index contributed by atoms with van der Waals surface area (Å²) in [4.78, 5) is 2.59. The van der Waals surface area contributed by atoms with E-state index in [1.165, 1.54) is 24.8 Å². The van der Waals surface area contributed by atoms with E-state index in [0.717, 1.165) is 12.6 Å². The molecule has 17 heavy (non-hydrogen) atoms. The van der Waals surface area contributed by atoms with Crippen molar-refractivity contribution in [1.82, 2.24) is 4.90 Å². The highest BCUT2D eigenvalue weighted by atomic mass is 35.5. The van der Waals surface area contributed by atoms with Crippen LogP contribution in [0.5, 0.6) is 0 Å². The zero-order chi connectivity index (χ0) is 12.4. The van der Waals surface area contributed by atoms with Gasteiger partial charge in [0, 0.05) is 18.6 Å². The Morgan fingerprint density at radius 1 is 1.41 bits per heavy atom. The van der Waals surface area contributed by atoms with E-state index in [2.05, 4.69) is 24.8 Å². The summed E-state index contributed by atoms with van der Waals surface area (Å²) in [5.41, 5.74) is 7.79. The van der Waals surface area contributed by atoms with E-state index in [9.17, 15) is 0 Å². The van der Waals surface area contributed by atoms with Gasteiger partial charge in [0.15, 0.2) is 0 Å². The van der Waals surface area contributed by atoms with Crippen molar-refractivity contribution in [2.24, 2.45) is 0 Å². The van der Waals surface area contributed by atoms with E-state index in [1.807, 2.05) is 12.1 Å². The molecule has 0 bridgehead atoms. The molecule has 0 aromatic heterocycles. The number of benzene rings is 1. The highest BCUT2D eigenvalue weighted by molar-refractivity contribution is 6.33. The van der Waals surface area contributed by atoms with Crippen LogP contribution in [0.15, 0.2) is 18.2 Å². The van der Waals surface area contributed by atoms with E-state index >= 15 is 0 Å². The van der Waals surface area contributed by atoms with Crippen molar-refractivity contribution in [2.75, 3.05) is 5.73 Å². The van der Waals surface area contributed by atoms with Gasteiger partial charge in [0.05, 0.1) is 10.7 Å². The Morgan fingerprint density at radius 3 is 2.82 bits per heavy atom. The molecule has 3 heteroatoms. The number of hydrogen-bond acceptors (Lipinski definition) is 2. The largest absolute Gasteiger partial charge is 0.398 e. The summed E-state index contributed by atoms with van der Waals surface area (Å²) >= 11 is 5.94. The molecule has 0 spiro atoms. The molecule has 0 amide bonds. The zero-order valence-electron chi connectivity index (χ0n) is 10.6. The predicted octanol–water partition coefficient (Wildman–Crippen LogP) is 3.69. The SMILES string of the molecule is CCC1CCC(C)N1Cc1ccc(Cl)c(N)c1. The standard InChI is InChI=1S/C14H21ClN2/c1-3-12-6-4-10(2)17(12)9-11-5-7-13(15)14(16)8-11/h5,7-8,10,12H,3-4,6,9,16H2,1-2H3. The van der Waals surface area contributed by atoms with E-state index in [0.29, 0.717) is 16.8 Å². The first-order valence-electron chi connectivity index (χ1n) is 6.41. The number of halogens is 1. The summed E-state index contributed by atoms with van der Waals surface area (Å²) in [6, 6.07) is 7.38. The second-order valence-corrected chi connectivity index (χ2v) is 5.42. The van der Waals surface area contributed by atoms with E-state index in [1.54, 1.807) is 0 Å². The third-order valence-corrected chi connectivity index (χ3v) is 4.19. The lowest BCUT2D eigenvalue weighted by atomic mass is 10.1. The molecule has 2 atom stereocenters. The van der Waals surface area contributed by atoms with Crippen molar-refractivity contribution in [3.8, 4) is 0 Å². The van der Waals surface area contributed by atoms with Crippen LogP contribution in [-0.4, -0.2) is 17.0 Å². The molecule has 2 rings (SSSR count). The van der Waals surface area contributed by atoms with Gasteiger partial charge >= 0.3 is 0 Å². The summed E-state index contributed by atoms with van der Waals surface area (Å²) in [6.45, 7) is 5.57. The Balaban J connectivity index is 2.11. The monoisotopic (exact) mass is 252 g/mol. The molecular formula is C14H21ClN2. The molecule has 1 aliphatic heterocycles. The minimum atomic E-state index is 0.648. The van der Waals surface area contributed by atoms with Crippen LogP contribution in [0.1, 0.15) is 38.7 Å². The minimum absolute atomic E-state index is 0.648. The van der Waals surface area contributed by atoms with Gasteiger partial charge in [0.1, 0.15) is 0 Å². The van der Waals surface area contributed by atoms with Crippen molar-refractivity contribution in [2.45, 2.75) is 51.7 Å². The lowest BCUT2D eigenvalue weighted by Crippen LogP contribution is -2.33. The number of nitrogen functional groups attached to an aromatic ring is 1. The summed E-state index contributed by atoms with van der Waals surface area (Å²) in [6.07, 6.45) is 3.86. The van der Waals surface area contributed by atoms with E-state index < -0.39 is 0 Å². The quantitative estimate of drug-likeness (QED) is 0.832. The summed E-state index contributed by atoms with van der Waals surface area (Å²) in [5, 5.41) is 0.648. The number of hydrogen-bond donors (Lipinski definition) is 1. The molecule has 1 aromatic rings. The molecule has 2 nitrogen and oxygen atoms in total. The van der Waals surface area contributed by atoms with Gasteiger partial charge in [-0.15, -0.1) is 0 Å². The molecule has 1 aromatic carbocycles. The smallest absolute Gasteiger partial charge is 0.0635 e. The van der Waals surface area contributed by atoms with Crippen LogP contribution in [-0.2, 0) is 6.54 Å².